The quantitative estimate of drug-likeness (QED) is 0.555. The standard InChI is InChI=1S/C6H7NO2/c1-5(4-7)2-3-6(8)9/h2-3,5H,1H3,(H,8,9). The minimum Gasteiger partial charge on any atom is -0.478 e. The molecular weight excluding hydrogens is 118 g/mol. The number of rotatable bonds is 2. The van der Waals surface area contributed by atoms with Gasteiger partial charge in [-0.3, -0.25) is 0 Å². The van der Waals surface area contributed by atoms with Gasteiger partial charge in [0.2, 0.25) is 0 Å². The molecule has 0 spiro atoms. The van der Waals surface area contributed by atoms with Gasteiger partial charge in [-0.1, -0.05) is 6.08 Å². The largest absolute Gasteiger partial charge is 0.478 e. The zero-order chi connectivity index (χ0) is 7.28. The van der Waals surface area contributed by atoms with Crippen LogP contribution in [0.3, 0.4) is 0 Å². The second-order valence-electron chi connectivity index (χ2n) is 1.62. The van der Waals surface area contributed by atoms with Crippen LogP contribution in [0.15, 0.2) is 12.2 Å². The van der Waals surface area contributed by atoms with Crippen LogP contribution in [0.4, 0.5) is 0 Å². The third-order valence-corrected chi connectivity index (χ3v) is 0.731. The Bertz CT molecular complexity index is 166. The van der Waals surface area contributed by atoms with Gasteiger partial charge >= 0.3 is 5.97 Å². The van der Waals surface area contributed by atoms with E-state index in [0.29, 0.717) is 0 Å². The van der Waals surface area contributed by atoms with Crippen LogP contribution in [0.25, 0.3) is 0 Å². The van der Waals surface area contributed by atoms with E-state index < -0.39 is 5.97 Å². The maximum Gasteiger partial charge on any atom is 0.328 e. The first kappa shape index (κ1) is 7.70. The van der Waals surface area contributed by atoms with Gasteiger partial charge in [-0.2, -0.15) is 5.26 Å². The van der Waals surface area contributed by atoms with E-state index in [-0.39, 0.29) is 5.92 Å². The lowest BCUT2D eigenvalue weighted by Gasteiger charge is -1.85. The van der Waals surface area contributed by atoms with Crippen LogP contribution in [0.1, 0.15) is 6.92 Å². The van der Waals surface area contributed by atoms with Crippen molar-refractivity contribution >= 4 is 5.97 Å². The van der Waals surface area contributed by atoms with E-state index in [1.54, 1.807) is 6.92 Å². The summed E-state index contributed by atoms with van der Waals surface area (Å²) in [6, 6.07) is 1.87. The van der Waals surface area contributed by atoms with E-state index in [4.69, 9.17) is 10.4 Å². The number of carboxylic acid groups (broad SMARTS) is 1. The summed E-state index contributed by atoms with van der Waals surface area (Å²) in [5, 5.41) is 16.2. The fourth-order valence-electron chi connectivity index (χ4n) is 0.270. The Kier molecular flexibility index (Phi) is 3.14. The van der Waals surface area contributed by atoms with Gasteiger partial charge in [0.1, 0.15) is 0 Å². The monoisotopic (exact) mass is 125 g/mol. The summed E-state index contributed by atoms with van der Waals surface area (Å²) >= 11 is 0. The lowest BCUT2D eigenvalue weighted by Crippen LogP contribution is -1.89. The van der Waals surface area contributed by atoms with Crippen LogP contribution in [-0.4, -0.2) is 11.1 Å². The average Bonchev–Trinajstić information content (AvgIpc) is 1.83. The number of nitriles is 1. The molecule has 0 rings (SSSR count). The summed E-state index contributed by atoms with van der Waals surface area (Å²) in [6.07, 6.45) is 2.30. The van der Waals surface area contributed by atoms with E-state index in [1.165, 1.54) is 6.08 Å². The van der Waals surface area contributed by atoms with Crippen LogP contribution < -0.4 is 0 Å². The lowest BCUT2D eigenvalue weighted by atomic mass is 10.2. The molecule has 0 amide bonds. The average molecular weight is 125 g/mol. The van der Waals surface area contributed by atoms with Crippen molar-refractivity contribution in [3.05, 3.63) is 12.2 Å². The summed E-state index contributed by atoms with van der Waals surface area (Å²) in [5.74, 6) is -1.33. The van der Waals surface area contributed by atoms with E-state index >= 15 is 0 Å². The molecule has 0 aromatic heterocycles. The number of nitrogens with zero attached hydrogens (tertiary/aromatic N) is 1. The third kappa shape index (κ3) is 4.56. The highest BCUT2D eigenvalue weighted by atomic mass is 16.4. The predicted molar refractivity (Wildman–Crippen MR) is 31.6 cm³/mol. The normalized spacial score (nSPS) is 12.9. The van der Waals surface area contributed by atoms with Crippen LogP contribution in [0.5, 0.6) is 0 Å². The van der Waals surface area contributed by atoms with Crippen molar-refractivity contribution in [2.24, 2.45) is 5.92 Å². The van der Waals surface area contributed by atoms with Crippen LogP contribution in [0, 0.1) is 17.2 Å². The molecule has 48 valence electrons. The topological polar surface area (TPSA) is 61.1 Å². The fraction of sp³-hybridized carbons (Fsp3) is 0.333. The van der Waals surface area contributed by atoms with Crippen molar-refractivity contribution in [3.8, 4) is 6.07 Å². The maximum atomic E-state index is 9.82. The van der Waals surface area contributed by atoms with E-state index in [1.807, 2.05) is 6.07 Å². The summed E-state index contributed by atoms with van der Waals surface area (Å²) < 4.78 is 0. The molecule has 0 fully saturated rings. The Balaban J connectivity index is 3.74. The summed E-state index contributed by atoms with van der Waals surface area (Å²) in [5.41, 5.74) is 0. The van der Waals surface area contributed by atoms with Crippen LogP contribution in [-0.2, 0) is 4.79 Å². The maximum absolute atomic E-state index is 9.82. The molecule has 0 aliphatic rings. The van der Waals surface area contributed by atoms with Gasteiger partial charge in [0.05, 0.1) is 12.0 Å². The third-order valence-electron chi connectivity index (χ3n) is 0.731. The highest BCUT2D eigenvalue weighted by Crippen LogP contribution is 1.92. The summed E-state index contributed by atoms with van der Waals surface area (Å²) in [7, 11) is 0. The molecule has 0 radical (unpaired) electrons. The highest BCUT2D eigenvalue weighted by Gasteiger charge is 1.91. The molecule has 0 bridgehead atoms. The molecular formula is C6H7NO2. The first-order valence-electron chi connectivity index (χ1n) is 2.47. The van der Waals surface area contributed by atoms with Crippen molar-refractivity contribution < 1.29 is 9.90 Å². The molecule has 3 heteroatoms. The molecule has 0 aromatic rings. The van der Waals surface area contributed by atoms with Gasteiger partial charge < -0.3 is 5.11 Å². The van der Waals surface area contributed by atoms with E-state index in [0.717, 1.165) is 6.08 Å². The molecule has 0 saturated carbocycles. The fourth-order valence-corrected chi connectivity index (χ4v) is 0.270. The number of hydrogen-bond acceptors (Lipinski definition) is 2. The summed E-state index contributed by atoms with van der Waals surface area (Å²) in [6.45, 7) is 1.62. The molecule has 0 heterocycles. The van der Waals surface area contributed by atoms with Gasteiger partial charge in [0.15, 0.2) is 0 Å². The van der Waals surface area contributed by atoms with E-state index in [9.17, 15) is 4.79 Å². The second-order valence-corrected chi connectivity index (χ2v) is 1.62. The molecule has 1 N–H and O–H groups in total. The highest BCUT2D eigenvalue weighted by molar-refractivity contribution is 5.79. The van der Waals surface area contributed by atoms with Crippen LogP contribution >= 0.6 is 0 Å². The Morgan fingerprint density at radius 1 is 1.89 bits per heavy atom. The number of carboxylic acids is 1. The van der Waals surface area contributed by atoms with E-state index in [2.05, 4.69) is 0 Å². The van der Waals surface area contributed by atoms with Crippen molar-refractivity contribution in [1.82, 2.24) is 0 Å². The number of hydrogen-bond donors (Lipinski definition) is 1. The Hall–Kier alpha value is -1.30. The van der Waals surface area contributed by atoms with Crippen molar-refractivity contribution in [1.29, 1.82) is 5.26 Å². The molecule has 9 heavy (non-hydrogen) atoms. The Morgan fingerprint density at radius 2 is 2.44 bits per heavy atom. The minimum atomic E-state index is -1.02. The van der Waals surface area contributed by atoms with Crippen molar-refractivity contribution in [2.75, 3.05) is 0 Å². The molecule has 0 saturated heterocycles. The zero-order valence-corrected chi connectivity index (χ0v) is 5.03. The Labute approximate surface area is 53.2 Å². The number of carbonyl (C=O) groups is 1. The van der Waals surface area contributed by atoms with Gasteiger partial charge in [-0.15, -0.1) is 0 Å². The molecule has 0 aliphatic heterocycles. The van der Waals surface area contributed by atoms with Gasteiger partial charge in [-0.25, -0.2) is 4.79 Å². The SMILES string of the molecule is CC(C#N)C=CC(=O)O. The van der Waals surface area contributed by atoms with Gasteiger partial charge in [-0.05, 0) is 6.92 Å². The minimum absolute atomic E-state index is 0.318. The van der Waals surface area contributed by atoms with Gasteiger partial charge in [0, 0.05) is 6.08 Å². The first-order valence-corrected chi connectivity index (χ1v) is 2.47. The van der Waals surface area contributed by atoms with Gasteiger partial charge in [0.25, 0.3) is 0 Å². The Morgan fingerprint density at radius 3 is 2.78 bits per heavy atom. The molecule has 3 nitrogen and oxygen atoms in total. The van der Waals surface area contributed by atoms with Crippen LogP contribution in [0.2, 0.25) is 0 Å². The summed E-state index contributed by atoms with van der Waals surface area (Å²) in [4.78, 5) is 9.82. The number of aliphatic carboxylic acids is 1. The van der Waals surface area contributed by atoms with Crippen molar-refractivity contribution in [3.63, 3.8) is 0 Å². The molecule has 1 unspecified atom stereocenters. The smallest absolute Gasteiger partial charge is 0.328 e. The van der Waals surface area contributed by atoms with Crippen molar-refractivity contribution in [2.45, 2.75) is 6.92 Å². The molecule has 0 aromatic carbocycles. The first-order chi connectivity index (χ1) is 4.16. The zero-order valence-electron chi connectivity index (χ0n) is 5.03. The molecule has 0 aliphatic carbocycles. The predicted octanol–water partition coefficient (Wildman–Crippen LogP) is 0.787. The number of allylic oxidation sites excluding steroid dienone is 1. The second kappa shape index (κ2) is 3.67. The molecule has 1 atom stereocenters. The lowest BCUT2D eigenvalue weighted by molar-refractivity contribution is -0.131.